The summed E-state index contributed by atoms with van der Waals surface area (Å²) in [5.74, 6) is 1.62. The molecule has 0 saturated carbocycles. The van der Waals surface area contributed by atoms with E-state index in [0.29, 0.717) is 12.6 Å². The molecular formula is C29H29N5O. The van der Waals surface area contributed by atoms with Gasteiger partial charge in [-0.15, -0.1) is 6.58 Å². The van der Waals surface area contributed by atoms with E-state index in [4.69, 9.17) is 14.7 Å². The van der Waals surface area contributed by atoms with Gasteiger partial charge < -0.3 is 14.6 Å². The molecule has 1 aliphatic carbocycles. The van der Waals surface area contributed by atoms with E-state index in [1.54, 1.807) is 18.6 Å². The van der Waals surface area contributed by atoms with Crippen LogP contribution in [0.2, 0.25) is 0 Å². The standard InChI is InChI=1S/C29H29N5O/c1-3-5-11-25-24-14-13-23(21-9-7-6-8-10-21)28(24)33-29(32-25)31-22-12-15-26(34-17-16-30-20-34)27(19-22)35-18-4-2/h3-4,6-10,12,15-17,19-20,23H,1-2,5,11,13-14,18H2,(H,31,32,33). The van der Waals surface area contributed by atoms with Crippen LogP contribution >= 0.6 is 0 Å². The van der Waals surface area contributed by atoms with Crippen molar-refractivity contribution in [1.29, 1.82) is 0 Å². The minimum atomic E-state index is 0.285. The number of nitrogens with one attached hydrogen (secondary N) is 1. The Labute approximate surface area is 206 Å². The first-order valence-corrected chi connectivity index (χ1v) is 12.0. The number of allylic oxidation sites excluding steroid dienone is 1. The molecule has 0 bridgehead atoms. The van der Waals surface area contributed by atoms with Crippen LogP contribution in [0.25, 0.3) is 5.69 Å². The van der Waals surface area contributed by atoms with E-state index in [1.165, 1.54) is 11.1 Å². The van der Waals surface area contributed by atoms with Crippen LogP contribution < -0.4 is 10.1 Å². The molecular weight excluding hydrogens is 434 g/mol. The van der Waals surface area contributed by atoms with Crippen molar-refractivity contribution in [3.8, 4) is 11.4 Å². The highest BCUT2D eigenvalue weighted by molar-refractivity contribution is 5.62. The van der Waals surface area contributed by atoms with E-state index in [2.05, 4.69) is 53.8 Å². The van der Waals surface area contributed by atoms with Gasteiger partial charge in [-0.1, -0.05) is 49.1 Å². The molecule has 1 aliphatic rings. The summed E-state index contributed by atoms with van der Waals surface area (Å²) < 4.78 is 7.88. The maximum Gasteiger partial charge on any atom is 0.227 e. The topological polar surface area (TPSA) is 64.9 Å². The Bertz CT molecular complexity index is 1310. The van der Waals surface area contributed by atoms with E-state index in [0.717, 1.165) is 54.2 Å². The van der Waals surface area contributed by atoms with Crippen LogP contribution in [0.15, 0.2) is 92.6 Å². The highest BCUT2D eigenvalue weighted by atomic mass is 16.5. The van der Waals surface area contributed by atoms with Gasteiger partial charge in [-0.3, -0.25) is 0 Å². The van der Waals surface area contributed by atoms with E-state index >= 15 is 0 Å². The van der Waals surface area contributed by atoms with E-state index in [-0.39, 0.29) is 5.92 Å². The minimum Gasteiger partial charge on any atom is -0.487 e. The molecule has 5 rings (SSSR count). The molecule has 4 aromatic rings. The van der Waals surface area contributed by atoms with Gasteiger partial charge in [0.2, 0.25) is 5.95 Å². The van der Waals surface area contributed by atoms with Gasteiger partial charge in [0.15, 0.2) is 0 Å². The number of hydrogen-bond acceptors (Lipinski definition) is 5. The van der Waals surface area contributed by atoms with Crippen molar-refractivity contribution in [3.05, 3.63) is 115 Å². The summed E-state index contributed by atoms with van der Waals surface area (Å²) >= 11 is 0. The molecule has 0 amide bonds. The monoisotopic (exact) mass is 463 g/mol. The Morgan fingerprint density at radius 1 is 1.09 bits per heavy atom. The van der Waals surface area contributed by atoms with Crippen LogP contribution in [0.4, 0.5) is 11.6 Å². The SMILES string of the molecule is C=CCCc1nc(Nc2ccc(-n3ccnc3)c(OCC=C)c2)nc2c1CCC2c1ccccc1. The van der Waals surface area contributed by atoms with Crippen molar-refractivity contribution < 1.29 is 4.74 Å². The van der Waals surface area contributed by atoms with Gasteiger partial charge in [0, 0.05) is 35.8 Å². The van der Waals surface area contributed by atoms with E-state index in [9.17, 15) is 0 Å². The molecule has 2 heterocycles. The Morgan fingerprint density at radius 2 is 1.97 bits per heavy atom. The second kappa shape index (κ2) is 10.4. The summed E-state index contributed by atoms with van der Waals surface area (Å²) in [5.41, 5.74) is 6.59. The Balaban J connectivity index is 1.50. The summed E-state index contributed by atoms with van der Waals surface area (Å²) in [7, 11) is 0. The van der Waals surface area contributed by atoms with Crippen LogP contribution in [0.3, 0.4) is 0 Å². The number of imidazole rings is 1. The Morgan fingerprint density at radius 3 is 2.74 bits per heavy atom. The van der Waals surface area contributed by atoms with Crippen LogP contribution in [0.1, 0.15) is 41.3 Å². The third kappa shape index (κ3) is 4.87. The van der Waals surface area contributed by atoms with Gasteiger partial charge in [-0.2, -0.15) is 0 Å². The molecule has 1 atom stereocenters. The molecule has 6 nitrogen and oxygen atoms in total. The highest BCUT2D eigenvalue weighted by Gasteiger charge is 2.29. The van der Waals surface area contributed by atoms with Crippen LogP contribution in [0.5, 0.6) is 5.75 Å². The highest BCUT2D eigenvalue weighted by Crippen LogP contribution is 2.39. The minimum absolute atomic E-state index is 0.285. The summed E-state index contributed by atoms with van der Waals surface area (Å²) in [5, 5.41) is 3.43. The number of anilines is 2. The lowest BCUT2D eigenvalue weighted by molar-refractivity contribution is 0.362. The van der Waals surface area contributed by atoms with Gasteiger partial charge in [0.05, 0.1) is 17.7 Å². The second-order valence-corrected chi connectivity index (χ2v) is 8.56. The summed E-state index contributed by atoms with van der Waals surface area (Å²) in [6, 6.07) is 16.6. The zero-order valence-electron chi connectivity index (χ0n) is 19.7. The average molecular weight is 464 g/mol. The second-order valence-electron chi connectivity index (χ2n) is 8.56. The number of nitrogens with zero attached hydrogens (tertiary/aromatic N) is 4. The van der Waals surface area contributed by atoms with Crippen molar-refractivity contribution in [2.75, 3.05) is 11.9 Å². The number of aryl methyl sites for hydroxylation is 1. The fourth-order valence-electron chi connectivity index (χ4n) is 4.65. The van der Waals surface area contributed by atoms with Gasteiger partial charge in [-0.25, -0.2) is 15.0 Å². The van der Waals surface area contributed by atoms with Crippen molar-refractivity contribution >= 4 is 11.6 Å². The zero-order chi connectivity index (χ0) is 24.0. The van der Waals surface area contributed by atoms with E-state index in [1.807, 2.05) is 35.0 Å². The molecule has 176 valence electrons. The predicted molar refractivity (Wildman–Crippen MR) is 140 cm³/mol. The molecule has 2 aromatic carbocycles. The number of rotatable bonds is 10. The summed E-state index contributed by atoms with van der Waals surface area (Å²) in [4.78, 5) is 14.1. The fraction of sp³-hybridized carbons (Fsp3) is 0.207. The van der Waals surface area contributed by atoms with Gasteiger partial charge in [-0.05, 0) is 48.9 Å². The van der Waals surface area contributed by atoms with Crippen LogP contribution in [-0.2, 0) is 12.8 Å². The first-order chi connectivity index (χ1) is 17.3. The predicted octanol–water partition coefficient (Wildman–Crippen LogP) is 6.17. The van der Waals surface area contributed by atoms with E-state index < -0.39 is 0 Å². The normalized spacial score (nSPS) is 14.3. The molecule has 2 aromatic heterocycles. The molecule has 0 aliphatic heterocycles. The molecule has 1 N–H and O–H groups in total. The Hall–Kier alpha value is -4.19. The quantitative estimate of drug-likeness (QED) is 0.285. The molecule has 0 radical (unpaired) electrons. The molecule has 6 heteroatoms. The van der Waals surface area contributed by atoms with Crippen molar-refractivity contribution in [2.45, 2.75) is 31.6 Å². The Kier molecular flexibility index (Phi) is 6.70. The third-order valence-electron chi connectivity index (χ3n) is 6.28. The molecule has 0 fully saturated rings. The number of ether oxygens (including phenoxy) is 1. The first kappa shape index (κ1) is 22.6. The smallest absolute Gasteiger partial charge is 0.227 e. The lowest BCUT2D eigenvalue weighted by atomic mass is 9.96. The lowest BCUT2D eigenvalue weighted by Gasteiger charge is -2.16. The molecule has 1 unspecified atom stereocenters. The largest absolute Gasteiger partial charge is 0.487 e. The number of aromatic nitrogens is 4. The van der Waals surface area contributed by atoms with Crippen molar-refractivity contribution in [1.82, 2.24) is 19.5 Å². The summed E-state index contributed by atoms with van der Waals surface area (Å²) in [6.45, 7) is 8.08. The van der Waals surface area contributed by atoms with Crippen molar-refractivity contribution in [2.24, 2.45) is 0 Å². The third-order valence-corrected chi connectivity index (χ3v) is 6.28. The summed E-state index contributed by atoms with van der Waals surface area (Å²) in [6.07, 6.45) is 12.9. The molecule has 0 saturated heterocycles. The number of hydrogen-bond donors (Lipinski definition) is 1. The maximum atomic E-state index is 5.96. The van der Waals surface area contributed by atoms with Gasteiger partial charge >= 0.3 is 0 Å². The van der Waals surface area contributed by atoms with Gasteiger partial charge in [0.1, 0.15) is 12.4 Å². The lowest BCUT2D eigenvalue weighted by Crippen LogP contribution is -2.08. The molecule has 35 heavy (non-hydrogen) atoms. The number of benzene rings is 2. The van der Waals surface area contributed by atoms with Gasteiger partial charge in [0.25, 0.3) is 0 Å². The maximum absolute atomic E-state index is 5.96. The molecule has 0 spiro atoms. The number of fused-ring (bicyclic) bond motifs is 1. The van der Waals surface area contributed by atoms with Crippen molar-refractivity contribution in [3.63, 3.8) is 0 Å². The average Bonchev–Trinajstić information content (AvgIpc) is 3.57. The van der Waals surface area contributed by atoms with Crippen LogP contribution in [0, 0.1) is 0 Å². The first-order valence-electron chi connectivity index (χ1n) is 12.0. The zero-order valence-corrected chi connectivity index (χ0v) is 19.7. The van der Waals surface area contributed by atoms with Crippen LogP contribution in [-0.4, -0.2) is 26.1 Å². The fourth-order valence-corrected chi connectivity index (χ4v) is 4.65.